The Kier molecular flexibility index (Phi) is 3.21. The van der Waals surface area contributed by atoms with Crippen LogP contribution in [0.15, 0.2) is 0 Å². The molecule has 0 aromatic rings. The maximum Gasteiger partial charge on any atom is 0.0127 e. The van der Waals surface area contributed by atoms with Gasteiger partial charge in [0.05, 0.1) is 0 Å². The van der Waals surface area contributed by atoms with Gasteiger partial charge in [0, 0.05) is 18.6 Å². The highest BCUT2D eigenvalue weighted by Crippen LogP contribution is 2.41. The second-order valence-corrected chi connectivity index (χ2v) is 6.18. The highest BCUT2D eigenvalue weighted by molar-refractivity contribution is 4.97. The first-order valence-corrected chi connectivity index (χ1v) is 7.34. The quantitative estimate of drug-likeness (QED) is 0.741. The van der Waals surface area contributed by atoms with E-state index < -0.39 is 0 Å². The summed E-state index contributed by atoms with van der Waals surface area (Å²) in [7, 11) is 0. The van der Waals surface area contributed by atoms with Crippen molar-refractivity contribution >= 4 is 0 Å². The second-order valence-electron chi connectivity index (χ2n) is 6.18. The highest BCUT2D eigenvalue weighted by Gasteiger charge is 2.43. The fourth-order valence-corrected chi connectivity index (χ4v) is 3.31. The zero-order valence-electron chi connectivity index (χ0n) is 10.6. The van der Waals surface area contributed by atoms with Gasteiger partial charge in [-0.1, -0.05) is 13.3 Å². The largest absolute Gasteiger partial charge is 0.314 e. The molecule has 3 unspecified atom stereocenters. The molecule has 3 rings (SSSR count). The van der Waals surface area contributed by atoms with Crippen LogP contribution in [0.4, 0.5) is 0 Å². The molecule has 1 aliphatic heterocycles. The summed E-state index contributed by atoms with van der Waals surface area (Å²) >= 11 is 0. The van der Waals surface area contributed by atoms with E-state index in [9.17, 15) is 0 Å². The Morgan fingerprint density at radius 3 is 2.88 bits per heavy atom. The fraction of sp³-hybridized carbons (Fsp3) is 1.00. The van der Waals surface area contributed by atoms with Gasteiger partial charge >= 0.3 is 0 Å². The summed E-state index contributed by atoms with van der Waals surface area (Å²) in [6, 6.07) is 1.87. The third-order valence-electron chi connectivity index (χ3n) is 4.60. The molecule has 0 aromatic heterocycles. The van der Waals surface area contributed by atoms with Crippen molar-refractivity contribution in [2.75, 3.05) is 19.6 Å². The molecule has 0 spiro atoms. The molecule has 1 N–H and O–H groups in total. The van der Waals surface area contributed by atoms with Crippen molar-refractivity contribution in [1.29, 1.82) is 0 Å². The van der Waals surface area contributed by atoms with Crippen molar-refractivity contribution in [2.45, 2.75) is 57.5 Å². The van der Waals surface area contributed by atoms with Crippen LogP contribution in [0, 0.1) is 11.8 Å². The number of nitrogens with one attached hydrogen (secondary N) is 1. The predicted molar refractivity (Wildman–Crippen MR) is 67.5 cm³/mol. The topological polar surface area (TPSA) is 15.3 Å². The lowest BCUT2D eigenvalue weighted by molar-refractivity contribution is 0.294. The Morgan fingerprint density at radius 1 is 1.25 bits per heavy atom. The lowest BCUT2D eigenvalue weighted by atomic mass is 10.1. The van der Waals surface area contributed by atoms with Crippen LogP contribution in [-0.4, -0.2) is 36.6 Å². The zero-order chi connectivity index (χ0) is 11.0. The molecule has 2 saturated carbocycles. The van der Waals surface area contributed by atoms with Crippen LogP contribution in [0.1, 0.15) is 45.4 Å². The van der Waals surface area contributed by atoms with Gasteiger partial charge < -0.3 is 5.32 Å². The Hall–Kier alpha value is -0.0800. The number of hydrogen-bond acceptors (Lipinski definition) is 2. The number of rotatable bonds is 6. The maximum absolute atomic E-state index is 3.69. The van der Waals surface area contributed by atoms with Crippen molar-refractivity contribution in [1.82, 2.24) is 10.2 Å². The van der Waals surface area contributed by atoms with Crippen LogP contribution in [0.3, 0.4) is 0 Å². The van der Waals surface area contributed by atoms with Gasteiger partial charge in [0.25, 0.3) is 0 Å². The van der Waals surface area contributed by atoms with Crippen LogP contribution in [0.5, 0.6) is 0 Å². The van der Waals surface area contributed by atoms with Gasteiger partial charge in [-0.15, -0.1) is 0 Å². The van der Waals surface area contributed by atoms with E-state index in [1.165, 1.54) is 58.2 Å². The fourth-order valence-electron chi connectivity index (χ4n) is 3.31. The molecular formula is C14H26N2. The molecule has 0 radical (unpaired) electrons. The summed E-state index contributed by atoms with van der Waals surface area (Å²) in [5.74, 6) is 2.00. The van der Waals surface area contributed by atoms with Gasteiger partial charge in [-0.25, -0.2) is 0 Å². The summed E-state index contributed by atoms with van der Waals surface area (Å²) in [4.78, 5) is 2.78. The minimum Gasteiger partial charge on any atom is -0.314 e. The lowest BCUT2D eigenvalue weighted by Crippen LogP contribution is -2.29. The minimum absolute atomic E-state index is 0.891. The average Bonchev–Trinajstić information content (AvgIpc) is 3.19. The van der Waals surface area contributed by atoms with Gasteiger partial charge in [-0.05, 0) is 57.0 Å². The molecule has 2 nitrogen and oxygen atoms in total. The molecule has 2 aliphatic carbocycles. The van der Waals surface area contributed by atoms with Crippen molar-refractivity contribution in [3.63, 3.8) is 0 Å². The van der Waals surface area contributed by atoms with Crippen LogP contribution in [0.2, 0.25) is 0 Å². The van der Waals surface area contributed by atoms with E-state index in [0.717, 1.165) is 23.9 Å². The van der Waals surface area contributed by atoms with Crippen LogP contribution in [-0.2, 0) is 0 Å². The highest BCUT2D eigenvalue weighted by atomic mass is 15.2. The van der Waals surface area contributed by atoms with E-state index in [1.54, 1.807) is 0 Å². The van der Waals surface area contributed by atoms with E-state index in [4.69, 9.17) is 0 Å². The van der Waals surface area contributed by atoms with Gasteiger partial charge in [0.15, 0.2) is 0 Å². The van der Waals surface area contributed by atoms with Gasteiger partial charge in [0.2, 0.25) is 0 Å². The Balaban J connectivity index is 1.36. The molecule has 3 fully saturated rings. The van der Waals surface area contributed by atoms with Gasteiger partial charge in [-0.3, -0.25) is 4.90 Å². The Labute approximate surface area is 99.8 Å². The van der Waals surface area contributed by atoms with Crippen molar-refractivity contribution in [2.24, 2.45) is 11.8 Å². The lowest BCUT2D eigenvalue weighted by Gasteiger charge is -2.16. The molecule has 1 heterocycles. The molecular weight excluding hydrogens is 196 g/mol. The molecule has 92 valence electrons. The van der Waals surface area contributed by atoms with Crippen LogP contribution < -0.4 is 5.32 Å². The summed E-state index contributed by atoms with van der Waals surface area (Å²) in [6.45, 7) is 6.36. The maximum atomic E-state index is 3.69. The van der Waals surface area contributed by atoms with E-state index >= 15 is 0 Å². The molecule has 0 aromatic carbocycles. The minimum atomic E-state index is 0.891. The van der Waals surface area contributed by atoms with Crippen molar-refractivity contribution < 1.29 is 0 Å². The van der Waals surface area contributed by atoms with Crippen molar-refractivity contribution in [3.05, 3.63) is 0 Å². The van der Waals surface area contributed by atoms with E-state index in [-0.39, 0.29) is 0 Å². The van der Waals surface area contributed by atoms with E-state index in [2.05, 4.69) is 17.1 Å². The third-order valence-corrected chi connectivity index (χ3v) is 4.60. The predicted octanol–water partition coefficient (Wildman–Crippen LogP) is 2.25. The number of nitrogens with zero attached hydrogens (tertiary/aromatic N) is 1. The first-order chi connectivity index (χ1) is 7.86. The summed E-state index contributed by atoms with van der Waals surface area (Å²) in [5.41, 5.74) is 0. The summed E-state index contributed by atoms with van der Waals surface area (Å²) < 4.78 is 0. The standard InChI is InChI=1S/C14H26N2/c1-2-3-12-8-14(12)16-7-6-11(10-16)9-15-13-4-5-13/h11-15H,2-10H2,1H3. The molecule has 16 heavy (non-hydrogen) atoms. The molecule has 3 atom stereocenters. The molecule has 1 saturated heterocycles. The van der Waals surface area contributed by atoms with E-state index in [1.807, 2.05) is 0 Å². The number of hydrogen-bond donors (Lipinski definition) is 1. The van der Waals surface area contributed by atoms with Gasteiger partial charge in [0.1, 0.15) is 0 Å². The van der Waals surface area contributed by atoms with Crippen LogP contribution in [0.25, 0.3) is 0 Å². The normalized spacial score (nSPS) is 39.2. The molecule has 3 aliphatic rings. The van der Waals surface area contributed by atoms with Crippen molar-refractivity contribution in [3.8, 4) is 0 Å². The number of likely N-dealkylation sites (tertiary alicyclic amines) is 1. The summed E-state index contributed by atoms with van der Waals surface area (Å²) in [6.07, 6.45) is 8.63. The third kappa shape index (κ3) is 2.60. The second kappa shape index (κ2) is 4.66. The smallest absolute Gasteiger partial charge is 0.0127 e. The first-order valence-electron chi connectivity index (χ1n) is 7.34. The molecule has 0 bridgehead atoms. The molecule has 2 heteroatoms. The first kappa shape index (κ1) is 11.0. The van der Waals surface area contributed by atoms with Crippen LogP contribution >= 0.6 is 0 Å². The summed E-state index contributed by atoms with van der Waals surface area (Å²) in [5, 5.41) is 3.69. The molecule has 0 amide bonds. The SMILES string of the molecule is CCCC1CC1N1CCC(CNC2CC2)C1. The average molecular weight is 222 g/mol. The van der Waals surface area contributed by atoms with E-state index in [0.29, 0.717) is 0 Å². The Bertz CT molecular complexity index is 237. The zero-order valence-corrected chi connectivity index (χ0v) is 10.6. The monoisotopic (exact) mass is 222 g/mol. The van der Waals surface area contributed by atoms with Gasteiger partial charge in [-0.2, -0.15) is 0 Å². The Morgan fingerprint density at radius 2 is 2.12 bits per heavy atom.